The molecule has 0 spiro atoms. The number of alkyl halides is 1. The fraction of sp³-hybridized carbons (Fsp3) is 0.538. The molecule has 0 amide bonds. The first-order chi connectivity index (χ1) is 8.10. The fourth-order valence-electron chi connectivity index (χ4n) is 2.34. The van der Waals surface area contributed by atoms with Gasteiger partial charge in [0.15, 0.2) is 0 Å². The maximum absolute atomic E-state index is 13.2. The SMILES string of the molecule is CC1CN(c2ccc(F)cc2CCl)CC(C)O1. The molecular weight excluding hydrogens is 241 g/mol. The zero-order chi connectivity index (χ0) is 12.4. The van der Waals surface area contributed by atoms with E-state index in [1.54, 1.807) is 6.07 Å². The molecule has 1 saturated heterocycles. The summed E-state index contributed by atoms with van der Waals surface area (Å²) in [6.45, 7) is 5.73. The maximum atomic E-state index is 13.2. The summed E-state index contributed by atoms with van der Waals surface area (Å²) in [7, 11) is 0. The highest BCUT2D eigenvalue weighted by molar-refractivity contribution is 6.17. The number of ether oxygens (including phenoxy) is 1. The molecule has 1 aromatic carbocycles. The van der Waals surface area contributed by atoms with E-state index in [9.17, 15) is 4.39 Å². The zero-order valence-corrected chi connectivity index (χ0v) is 10.9. The number of nitrogens with zero attached hydrogens (tertiary/aromatic N) is 1. The van der Waals surface area contributed by atoms with Gasteiger partial charge < -0.3 is 9.64 Å². The molecule has 0 bridgehead atoms. The molecule has 1 fully saturated rings. The van der Waals surface area contributed by atoms with Crippen molar-refractivity contribution >= 4 is 17.3 Å². The van der Waals surface area contributed by atoms with Gasteiger partial charge in [-0.1, -0.05) is 0 Å². The molecule has 0 saturated carbocycles. The fourth-order valence-corrected chi connectivity index (χ4v) is 2.56. The van der Waals surface area contributed by atoms with Crippen LogP contribution >= 0.6 is 11.6 Å². The minimum absolute atomic E-state index is 0.187. The van der Waals surface area contributed by atoms with Crippen molar-refractivity contribution < 1.29 is 9.13 Å². The predicted molar refractivity (Wildman–Crippen MR) is 68.2 cm³/mol. The van der Waals surface area contributed by atoms with Crippen LogP contribution in [0.15, 0.2) is 18.2 Å². The van der Waals surface area contributed by atoms with Gasteiger partial charge in [-0.15, -0.1) is 11.6 Å². The molecule has 2 rings (SSSR count). The van der Waals surface area contributed by atoms with Crippen molar-refractivity contribution in [3.8, 4) is 0 Å². The number of rotatable bonds is 2. The molecule has 0 radical (unpaired) electrons. The van der Waals surface area contributed by atoms with E-state index in [1.165, 1.54) is 12.1 Å². The quantitative estimate of drug-likeness (QED) is 0.755. The Kier molecular flexibility index (Phi) is 3.89. The smallest absolute Gasteiger partial charge is 0.123 e. The molecule has 94 valence electrons. The molecule has 2 nitrogen and oxygen atoms in total. The van der Waals surface area contributed by atoms with Gasteiger partial charge in [0.1, 0.15) is 5.82 Å². The van der Waals surface area contributed by atoms with Crippen LogP contribution in [0, 0.1) is 5.82 Å². The molecule has 0 N–H and O–H groups in total. The molecule has 1 heterocycles. The average molecular weight is 258 g/mol. The lowest BCUT2D eigenvalue weighted by Crippen LogP contribution is -2.45. The third-order valence-corrected chi connectivity index (χ3v) is 3.23. The Morgan fingerprint density at radius 2 is 2.00 bits per heavy atom. The van der Waals surface area contributed by atoms with Crippen molar-refractivity contribution in [3.63, 3.8) is 0 Å². The molecule has 4 heteroatoms. The van der Waals surface area contributed by atoms with Crippen LogP contribution in [0.5, 0.6) is 0 Å². The van der Waals surface area contributed by atoms with E-state index >= 15 is 0 Å². The molecule has 1 aliphatic heterocycles. The predicted octanol–water partition coefficient (Wildman–Crippen LogP) is 3.18. The molecule has 1 aromatic rings. The topological polar surface area (TPSA) is 12.5 Å². The van der Waals surface area contributed by atoms with E-state index in [2.05, 4.69) is 4.90 Å². The second-order valence-corrected chi connectivity index (χ2v) is 4.84. The number of hydrogen-bond donors (Lipinski definition) is 0. The van der Waals surface area contributed by atoms with Crippen molar-refractivity contribution in [2.24, 2.45) is 0 Å². The van der Waals surface area contributed by atoms with Crippen LogP contribution < -0.4 is 4.90 Å². The van der Waals surface area contributed by atoms with Gasteiger partial charge in [-0.2, -0.15) is 0 Å². The van der Waals surface area contributed by atoms with Crippen LogP contribution in [0.2, 0.25) is 0 Å². The Hall–Kier alpha value is -0.800. The molecule has 17 heavy (non-hydrogen) atoms. The lowest BCUT2D eigenvalue weighted by Gasteiger charge is -2.37. The summed E-state index contributed by atoms with van der Waals surface area (Å²) in [5.41, 5.74) is 1.86. The second kappa shape index (κ2) is 5.23. The number of benzene rings is 1. The van der Waals surface area contributed by atoms with Crippen LogP contribution in [0.25, 0.3) is 0 Å². The van der Waals surface area contributed by atoms with E-state index < -0.39 is 0 Å². The summed E-state index contributed by atoms with van der Waals surface area (Å²) in [6.07, 6.45) is 0.374. The van der Waals surface area contributed by atoms with E-state index in [4.69, 9.17) is 16.3 Å². The number of anilines is 1. The molecule has 2 unspecified atom stereocenters. The van der Waals surface area contributed by atoms with E-state index in [0.717, 1.165) is 24.3 Å². The molecule has 1 aliphatic rings. The number of hydrogen-bond acceptors (Lipinski definition) is 2. The van der Waals surface area contributed by atoms with Gasteiger partial charge in [-0.25, -0.2) is 4.39 Å². The summed E-state index contributed by atoms with van der Waals surface area (Å²) in [5.74, 6) is 0.0893. The number of halogens is 2. The summed E-state index contributed by atoms with van der Waals surface area (Å²) in [4.78, 5) is 2.22. The second-order valence-electron chi connectivity index (χ2n) is 4.57. The first kappa shape index (κ1) is 12.7. The minimum atomic E-state index is -0.237. The Labute approximate surface area is 106 Å². The highest BCUT2D eigenvalue weighted by Crippen LogP contribution is 2.26. The standard InChI is InChI=1S/C13H17ClFNO/c1-9-7-16(8-10(2)17-9)13-4-3-12(15)5-11(13)6-14/h3-5,9-10H,6-8H2,1-2H3. The molecule has 0 aromatic heterocycles. The van der Waals surface area contributed by atoms with Gasteiger partial charge in [0.05, 0.1) is 12.2 Å². The van der Waals surface area contributed by atoms with Gasteiger partial charge in [0, 0.05) is 24.7 Å². The Balaban J connectivity index is 2.26. The lowest BCUT2D eigenvalue weighted by atomic mass is 10.1. The summed E-state index contributed by atoms with van der Waals surface area (Å²) >= 11 is 5.87. The normalized spacial score (nSPS) is 25.1. The third kappa shape index (κ3) is 2.90. The summed E-state index contributed by atoms with van der Waals surface area (Å²) in [5, 5.41) is 0. The third-order valence-electron chi connectivity index (χ3n) is 2.95. The monoisotopic (exact) mass is 257 g/mol. The zero-order valence-electron chi connectivity index (χ0n) is 10.1. The summed E-state index contributed by atoms with van der Waals surface area (Å²) in [6, 6.07) is 4.79. The Bertz CT molecular complexity index is 389. The van der Waals surface area contributed by atoms with Crippen LogP contribution in [-0.2, 0) is 10.6 Å². The lowest BCUT2D eigenvalue weighted by molar-refractivity contribution is -0.00525. The Morgan fingerprint density at radius 1 is 1.35 bits per heavy atom. The van der Waals surface area contributed by atoms with Crippen LogP contribution in [0.1, 0.15) is 19.4 Å². The van der Waals surface area contributed by atoms with E-state index in [1.807, 2.05) is 13.8 Å². The van der Waals surface area contributed by atoms with Crippen LogP contribution in [-0.4, -0.2) is 25.3 Å². The average Bonchev–Trinajstić information content (AvgIpc) is 2.27. The van der Waals surface area contributed by atoms with Gasteiger partial charge in [-0.05, 0) is 37.6 Å². The first-order valence-electron chi connectivity index (χ1n) is 5.85. The van der Waals surface area contributed by atoms with Crippen molar-refractivity contribution in [2.75, 3.05) is 18.0 Å². The first-order valence-corrected chi connectivity index (χ1v) is 6.38. The van der Waals surface area contributed by atoms with Crippen molar-refractivity contribution in [2.45, 2.75) is 31.9 Å². The van der Waals surface area contributed by atoms with Crippen molar-refractivity contribution in [3.05, 3.63) is 29.6 Å². The summed E-state index contributed by atoms with van der Waals surface area (Å²) < 4.78 is 18.8. The maximum Gasteiger partial charge on any atom is 0.123 e. The highest BCUT2D eigenvalue weighted by atomic mass is 35.5. The molecule has 2 atom stereocenters. The van der Waals surface area contributed by atoms with E-state index in [0.29, 0.717) is 5.88 Å². The van der Waals surface area contributed by atoms with Gasteiger partial charge >= 0.3 is 0 Å². The minimum Gasteiger partial charge on any atom is -0.372 e. The molecular formula is C13H17ClFNO. The van der Waals surface area contributed by atoms with Gasteiger partial charge in [-0.3, -0.25) is 0 Å². The van der Waals surface area contributed by atoms with Gasteiger partial charge in [0.25, 0.3) is 0 Å². The van der Waals surface area contributed by atoms with Crippen molar-refractivity contribution in [1.29, 1.82) is 0 Å². The van der Waals surface area contributed by atoms with Gasteiger partial charge in [0.2, 0.25) is 0 Å². The van der Waals surface area contributed by atoms with Crippen molar-refractivity contribution in [1.82, 2.24) is 0 Å². The highest BCUT2D eigenvalue weighted by Gasteiger charge is 2.23. The van der Waals surface area contributed by atoms with Crippen LogP contribution in [0.3, 0.4) is 0 Å². The largest absolute Gasteiger partial charge is 0.372 e. The molecule has 0 aliphatic carbocycles. The van der Waals surface area contributed by atoms with Crippen LogP contribution in [0.4, 0.5) is 10.1 Å². The number of morpholine rings is 1. The van der Waals surface area contributed by atoms with E-state index in [-0.39, 0.29) is 18.0 Å². The Morgan fingerprint density at radius 3 is 2.59 bits per heavy atom.